The first-order chi connectivity index (χ1) is 13.2. The molecule has 0 aliphatic heterocycles. The van der Waals surface area contributed by atoms with Gasteiger partial charge in [-0.05, 0) is 58.3 Å². The van der Waals surface area contributed by atoms with E-state index in [1.807, 2.05) is 28.8 Å². The van der Waals surface area contributed by atoms with E-state index in [4.69, 9.17) is 0 Å². The summed E-state index contributed by atoms with van der Waals surface area (Å²) in [6, 6.07) is 20.9. The number of thiophene rings is 2. The highest BCUT2D eigenvalue weighted by molar-refractivity contribution is 7.13. The number of carbonyl (C=O) groups is 1. The fourth-order valence-corrected chi connectivity index (χ4v) is 5.05. The van der Waals surface area contributed by atoms with Gasteiger partial charge in [0, 0.05) is 31.6 Å². The Labute approximate surface area is 163 Å². The molecule has 0 unspecified atom stereocenters. The van der Waals surface area contributed by atoms with Crippen molar-refractivity contribution in [2.24, 2.45) is 0 Å². The summed E-state index contributed by atoms with van der Waals surface area (Å²) in [4.78, 5) is 13.9. The minimum absolute atomic E-state index is 0.0449. The largest absolute Gasteiger partial charge is 0.480 e. The first-order valence-corrected chi connectivity index (χ1v) is 10.3. The lowest BCUT2D eigenvalue weighted by Crippen LogP contribution is -2.08. The van der Waals surface area contributed by atoms with Crippen molar-refractivity contribution in [3.63, 3.8) is 0 Å². The smallest absolute Gasteiger partial charge is 0.323 e. The van der Waals surface area contributed by atoms with Crippen LogP contribution in [0.5, 0.6) is 0 Å². The molecule has 3 nitrogen and oxygen atoms in total. The van der Waals surface area contributed by atoms with Gasteiger partial charge in [0.05, 0.1) is 0 Å². The summed E-state index contributed by atoms with van der Waals surface area (Å²) in [6.45, 7) is -0.0449. The zero-order valence-corrected chi connectivity index (χ0v) is 15.9. The quantitative estimate of drug-likeness (QED) is 0.390. The second kappa shape index (κ2) is 6.37. The summed E-state index contributed by atoms with van der Waals surface area (Å²) in [6.07, 6.45) is 0. The molecule has 0 amide bonds. The zero-order chi connectivity index (χ0) is 18.4. The van der Waals surface area contributed by atoms with Gasteiger partial charge in [0.25, 0.3) is 0 Å². The number of carboxylic acids is 1. The Morgan fingerprint density at radius 1 is 0.815 bits per heavy atom. The summed E-state index contributed by atoms with van der Waals surface area (Å²) >= 11 is 3.42. The number of hydrogen-bond donors (Lipinski definition) is 1. The van der Waals surface area contributed by atoms with Gasteiger partial charge in [0.2, 0.25) is 0 Å². The maximum absolute atomic E-state index is 11.4. The lowest BCUT2D eigenvalue weighted by Gasteiger charge is -2.04. The van der Waals surface area contributed by atoms with Crippen molar-refractivity contribution in [3.8, 4) is 20.9 Å². The average Bonchev–Trinajstić information content (AvgIpc) is 3.42. The third-order valence-electron chi connectivity index (χ3n) is 4.77. The third-order valence-corrected chi connectivity index (χ3v) is 6.61. The Morgan fingerprint density at radius 3 is 1.74 bits per heavy atom. The van der Waals surface area contributed by atoms with E-state index < -0.39 is 5.97 Å². The van der Waals surface area contributed by atoms with E-state index in [9.17, 15) is 9.90 Å². The highest BCUT2D eigenvalue weighted by Crippen LogP contribution is 2.36. The van der Waals surface area contributed by atoms with Gasteiger partial charge >= 0.3 is 5.97 Å². The second-order valence-corrected chi connectivity index (χ2v) is 8.29. The van der Waals surface area contributed by atoms with E-state index >= 15 is 0 Å². The molecule has 0 fully saturated rings. The zero-order valence-electron chi connectivity index (χ0n) is 14.3. The molecule has 0 saturated carbocycles. The molecule has 0 saturated heterocycles. The molecule has 0 spiro atoms. The molecule has 0 radical (unpaired) electrons. The molecule has 5 heteroatoms. The fourth-order valence-electron chi connectivity index (χ4n) is 3.60. The monoisotopic (exact) mass is 389 g/mol. The van der Waals surface area contributed by atoms with Gasteiger partial charge in [-0.25, -0.2) is 0 Å². The number of hydrogen-bond acceptors (Lipinski definition) is 3. The Bertz CT molecular complexity index is 1170. The molecule has 0 aliphatic rings. The standard InChI is InChI=1S/C22H15NO2S2/c24-22(25)13-23-18-7-5-14(20-3-1-9-26-20)11-16(18)17-12-15(6-8-19(17)23)21-4-2-10-27-21/h1-12H,13H2,(H,24,25). The van der Waals surface area contributed by atoms with Crippen molar-refractivity contribution in [1.29, 1.82) is 0 Å². The number of nitrogens with zero attached hydrogens (tertiary/aromatic N) is 1. The Morgan fingerprint density at radius 2 is 1.33 bits per heavy atom. The van der Waals surface area contributed by atoms with Crippen molar-refractivity contribution < 1.29 is 9.90 Å². The molecule has 1 N–H and O–H groups in total. The van der Waals surface area contributed by atoms with Crippen LogP contribution in [-0.4, -0.2) is 15.6 Å². The summed E-state index contributed by atoms with van der Waals surface area (Å²) in [5, 5.41) is 15.7. The van der Waals surface area contributed by atoms with Crippen molar-refractivity contribution in [3.05, 3.63) is 71.4 Å². The van der Waals surface area contributed by atoms with Gasteiger partial charge in [0.15, 0.2) is 0 Å². The second-order valence-electron chi connectivity index (χ2n) is 6.40. The van der Waals surface area contributed by atoms with Crippen LogP contribution in [0, 0.1) is 0 Å². The number of rotatable bonds is 4. The van der Waals surface area contributed by atoms with Crippen LogP contribution in [0.2, 0.25) is 0 Å². The SMILES string of the molecule is O=C(O)Cn1c2ccc(-c3cccs3)cc2c2cc(-c3cccs3)ccc21. The van der Waals surface area contributed by atoms with Crippen LogP contribution in [0.1, 0.15) is 0 Å². The number of carboxylic acid groups (broad SMARTS) is 1. The fraction of sp³-hybridized carbons (Fsp3) is 0.0455. The molecule has 5 rings (SSSR count). The summed E-state index contributed by atoms with van der Waals surface area (Å²) in [5.41, 5.74) is 4.23. The van der Waals surface area contributed by atoms with Crippen LogP contribution in [0.25, 0.3) is 42.7 Å². The number of aliphatic carboxylic acids is 1. The highest BCUT2D eigenvalue weighted by atomic mass is 32.1. The Balaban J connectivity index is 1.81. The lowest BCUT2D eigenvalue weighted by molar-refractivity contribution is -0.137. The van der Waals surface area contributed by atoms with Gasteiger partial charge in [-0.1, -0.05) is 24.3 Å². The van der Waals surface area contributed by atoms with Crippen molar-refractivity contribution in [2.75, 3.05) is 0 Å². The van der Waals surface area contributed by atoms with Crippen molar-refractivity contribution >= 4 is 50.4 Å². The molecule has 0 aliphatic carbocycles. The molecule has 0 bridgehead atoms. The number of aromatic nitrogens is 1. The molecule has 5 aromatic rings. The van der Waals surface area contributed by atoms with Gasteiger partial charge < -0.3 is 9.67 Å². The van der Waals surface area contributed by atoms with Crippen molar-refractivity contribution in [1.82, 2.24) is 4.57 Å². The van der Waals surface area contributed by atoms with E-state index in [1.54, 1.807) is 22.7 Å². The van der Waals surface area contributed by atoms with Crippen LogP contribution in [0.15, 0.2) is 71.4 Å². The van der Waals surface area contributed by atoms with Gasteiger partial charge in [-0.3, -0.25) is 4.79 Å². The molecule has 0 atom stereocenters. The van der Waals surface area contributed by atoms with Crippen LogP contribution >= 0.6 is 22.7 Å². The predicted molar refractivity (Wildman–Crippen MR) is 114 cm³/mol. The van der Waals surface area contributed by atoms with Crippen LogP contribution in [0.3, 0.4) is 0 Å². The summed E-state index contributed by atoms with van der Waals surface area (Å²) in [7, 11) is 0. The molecule has 27 heavy (non-hydrogen) atoms. The maximum atomic E-state index is 11.4. The minimum Gasteiger partial charge on any atom is -0.480 e. The molecule has 3 heterocycles. The normalized spacial score (nSPS) is 11.4. The topological polar surface area (TPSA) is 42.2 Å². The van der Waals surface area contributed by atoms with Gasteiger partial charge in [0.1, 0.15) is 6.54 Å². The van der Waals surface area contributed by atoms with E-state index in [0.717, 1.165) is 32.9 Å². The van der Waals surface area contributed by atoms with Crippen LogP contribution in [0.4, 0.5) is 0 Å². The maximum Gasteiger partial charge on any atom is 0.323 e. The van der Waals surface area contributed by atoms with E-state index in [-0.39, 0.29) is 6.54 Å². The predicted octanol–water partition coefficient (Wildman–Crippen LogP) is 6.34. The minimum atomic E-state index is -0.835. The lowest BCUT2D eigenvalue weighted by atomic mass is 10.1. The summed E-state index contributed by atoms with van der Waals surface area (Å²) < 4.78 is 1.89. The first kappa shape index (κ1) is 16.3. The van der Waals surface area contributed by atoms with Crippen LogP contribution < -0.4 is 0 Å². The third kappa shape index (κ3) is 2.76. The van der Waals surface area contributed by atoms with Crippen molar-refractivity contribution in [2.45, 2.75) is 6.54 Å². The molecule has 132 valence electrons. The number of fused-ring (bicyclic) bond motifs is 3. The number of benzene rings is 2. The van der Waals surface area contributed by atoms with Gasteiger partial charge in [-0.2, -0.15) is 0 Å². The van der Waals surface area contributed by atoms with E-state index in [1.165, 1.54) is 9.75 Å². The molecule has 3 aromatic heterocycles. The van der Waals surface area contributed by atoms with E-state index in [2.05, 4.69) is 47.2 Å². The highest BCUT2D eigenvalue weighted by Gasteiger charge is 2.15. The Kier molecular flexibility index (Phi) is 3.85. The molecule has 2 aromatic carbocycles. The molecular formula is C22H15NO2S2. The average molecular weight is 390 g/mol. The Hall–Kier alpha value is -2.89. The van der Waals surface area contributed by atoms with E-state index in [0.29, 0.717) is 0 Å². The first-order valence-electron chi connectivity index (χ1n) is 8.56. The van der Waals surface area contributed by atoms with Gasteiger partial charge in [-0.15, -0.1) is 22.7 Å². The van der Waals surface area contributed by atoms with Crippen LogP contribution in [-0.2, 0) is 11.3 Å². The summed E-state index contributed by atoms with van der Waals surface area (Å²) in [5.74, 6) is -0.835. The molecular weight excluding hydrogens is 374 g/mol.